The fourth-order valence-electron chi connectivity index (χ4n) is 1.87. The van der Waals surface area contributed by atoms with Crippen LogP contribution in [0.25, 0.3) is 0 Å². The van der Waals surface area contributed by atoms with E-state index in [0.717, 1.165) is 0 Å². The summed E-state index contributed by atoms with van der Waals surface area (Å²) >= 11 is 0. The van der Waals surface area contributed by atoms with E-state index >= 15 is 0 Å². The zero-order valence-electron chi connectivity index (χ0n) is 10.8. The van der Waals surface area contributed by atoms with Gasteiger partial charge in [0.2, 0.25) is 0 Å². The molecular weight excluding hydrogens is 254 g/mol. The Kier molecular flexibility index (Phi) is 4.06. The van der Waals surface area contributed by atoms with Crippen molar-refractivity contribution in [2.24, 2.45) is 10.8 Å². The topological polar surface area (TPSA) is 95.2 Å². The van der Waals surface area contributed by atoms with Crippen LogP contribution in [0.4, 0.5) is 0 Å². The Labute approximate surface area is 108 Å². The predicted molar refractivity (Wildman–Crippen MR) is 66.6 cm³/mol. The maximum absolute atomic E-state index is 11.9. The summed E-state index contributed by atoms with van der Waals surface area (Å²) in [6.07, 6.45) is 1.54. The minimum atomic E-state index is -3.28. The van der Waals surface area contributed by atoms with Crippen LogP contribution < -0.4 is 0 Å². The largest absolute Gasteiger partial charge is 0.481 e. The first-order chi connectivity index (χ1) is 8.10. The van der Waals surface area contributed by atoms with E-state index in [-0.39, 0.29) is 24.3 Å². The van der Waals surface area contributed by atoms with Gasteiger partial charge in [-0.1, -0.05) is 0 Å². The molecule has 0 spiro atoms. The van der Waals surface area contributed by atoms with Gasteiger partial charge < -0.3 is 5.11 Å². The number of nitriles is 1. The fourth-order valence-corrected chi connectivity index (χ4v) is 4.16. The highest BCUT2D eigenvalue weighted by Gasteiger charge is 2.47. The molecule has 18 heavy (non-hydrogen) atoms. The van der Waals surface area contributed by atoms with Crippen molar-refractivity contribution in [2.45, 2.75) is 39.5 Å². The number of rotatable bonds is 7. The van der Waals surface area contributed by atoms with Crippen LogP contribution >= 0.6 is 0 Å². The molecule has 0 amide bonds. The lowest BCUT2D eigenvalue weighted by molar-refractivity contribution is -0.138. The maximum Gasteiger partial charge on any atom is 0.303 e. The van der Waals surface area contributed by atoms with E-state index in [1.807, 2.05) is 0 Å². The monoisotopic (exact) mass is 273 g/mol. The summed E-state index contributed by atoms with van der Waals surface area (Å²) in [6, 6.07) is 2.07. The van der Waals surface area contributed by atoms with E-state index in [0.29, 0.717) is 12.8 Å². The van der Waals surface area contributed by atoms with Gasteiger partial charge in [0.1, 0.15) is 0 Å². The molecule has 5 nitrogen and oxygen atoms in total. The van der Waals surface area contributed by atoms with Crippen LogP contribution in [0.2, 0.25) is 0 Å². The van der Waals surface area contributed by atoms with Crippen molar-refractivity contribution in [2.75, 3.05) is 11.5 Å². The zero-order chi connectivity index (χ0) is 14.0. The molecule has 0 bridgehead atoms. The van der Waals surface area contributed by atoms with Crippen molar-refractivity contribution in [3.8, 4) is 6.07 Å². The Morgan fingerprint density at radius 3 is 2.39 bits per heavy atom. The van der Waals surface area contributed by atoms with Crippen LogP contribution in [-0.4, -0.2) is 31.0 Å². The van der Waals surface area contributed by atoms with Crippen molar-refractivity contribution >= 4 is 15.8 Å². The van der Waals surface area contributed by atoms with Crippen LogP contribution in [0.15, 0.2) is 0 Å². The van der Waals surface area contributed by atoms with Crippen molar-refractivity contribution in [3.63, 3.8) is 0 Å². The first-order valence-corrected chi connectivity index (χ1v) is 7.75. The van der Waals surface area contributed by atoms with Crippen LogP contribution in [0.1, 0.15) is 39.5 Å². The van der Waals surface area contributed by atoms with E-state index < -0.39 is 26.6 Å². The maximum atomic E-state index is 11.9. The molecule has 1 aliphatic carbocycles. The summed E-state index contributed by atoms with van der Waals surface area (Å²) in [5.74, 6) is -1.05. The van der Waals surface area contributed by atoms with Crippen LogP contribution in [0, 0.1) is 22.2 Å². The Balaban J connectivity index is 2.56. The number of carboxylic acids is 1. The molecule has 0 unspecified atom stereocenters. The SMILES string of the molecule is CC(C)(C#N)CCS(=O)(=O)CC1(CC(=O)O)CC1. The standard InChI is InChI=1S/C12H19NO4S/c1-11(2,8-13)5-6-18(16,17)9-12(3-4-12)7-10(14)15/h3-7,9H2,1-2H3,(H,14,15). The average Bonchev–Trinajstić information content (AvgIpc) is 2.93. The number of carboxylic acid groups (broad SMARTS) is 1. The van der Waals surface area contributed by atoms with Gasteiger partial charge >= 0.3 is 5.97 Å². The quantitative estimate of drug-likeness (QED) is 0.760. The van der Waals surface area contributed by atoms with Gasteiger partial charge in [-0.25, -0.2) is 8.42 Å². The van der Waals surface area contributed by atoms with Crippen molar-refractivity contribution < 1.29 is 18.3 Å². The van der Waals surface area contributed by atoms with E-state index in [4.69, 9.17) is 10.4 Å². The molecule has 102 valence electrons. The highest BCUT2D eigenvalue weighted by molar-refractivity contribution is 7.91. The number of carbonyl (C=O) groups is 1. The average molecular weight is 273 g/mol. The summed E-state index contributed by atoms with van der Waals surface area (Å²) in [4.78, 5) is 10.7. The smallest absolute Gasteiger partial charge is 0.303 e. The highest BCUT2D eigenvalue weighted by Crippen LogP contribution is 2.50. The number of aliphatic carboxylic acids is 1. The minimum absolute atomic E-state index is 0.0467. The Hall–Kier alpha value is -1.09. The van der Waals surface area contributed by atoms with Gasteiger partial charge in [-0.2, -0.15) is 5.26 Å². The van der Waals surface area contributed by atoms with E-state index in [9.17, 15) is 13.2 Å². The molecule has 0 radical (unpaired) electrons. The minimum Gasteiger partial charge on any atom is -0.481 e. The van der Waals surface area contributed by atoms with Gasteiger partial charge in [0, 0.05) is 0 Å². The molecular formula is C12H19NO4S. The van der Waals surface area contributed by atoms with Crippen molar-refractivity contribution in [1.82, 2.24) is 0 Å². The summed E-state index contributed by atoms with van der Waals surface area (Å²) in [6.45, 7) is 3.40. The lowest BCUT2D eigenvalue weighted by atomic mass is 9.93. The van der Waals surface area contributed by atoms with E-state index in [1.54, 1.807) is 13.8 Å². The Morgan fingerprint density at radius 2 is 2.00 bits per heavy atom. The second-order valence-electron chi connectivity index (χ2n) is 5.91. The van der Waals surface area contributed by atoms with Gasteiger partial charge in [0.15, 0.2) is 9.84 Å². The third kappa shape index (κ3) is 4.65. The lowest BCUT2D eigenvalue weighted by Crippen LogP contribution is -2.24. The van der Waals surface area contributed by atoms with E-state index in [1.165, 1.54) is 0 Å². The van der Waals surface area contributed by atoms with Gasteiger partial charge in [-0.3, -0.25) is 4.79 Å². The first-order valence-electron chi connectivity index (χ1n) is 5.93. The summed E-state index contributed by atoms with van der Waals surface area (Å²) in [7, 11) is -3.28. The Morgan fingerprint density at radius 1 is 1.44 bits per heavy atom. The molecule has 1 fully saturated rings. The van der Waals surface area contributed by atoms with Crippen molar-refractivity contribution in [1.29, 1.82) is 5.26 Å². The number of hydrogen-bond acceptors (Lipinski definition) is 4. The van der Waals surface area contributed by atoms with E-state index in [2.05, 4.69) is 6.07 Å². The second kappa shape index (κ2) is 4.88. The molecule has 1 aliphatic rings. The third-order valence-electron chi connectivity index (χ3n) is 3.35. The molecule has 0 heterocycles. The molecule has 1 rings (SSSR count). The van der Waals surface area contributed by atoms with Gasteiger partial charge in [-0.15, -0.1) is 0 Å². The number of hydrogen-bond donors (Lipinski definition) is 1. The highest BCUT2D eigenvalue weighted by atomic mass is 32.2. The molecule has 0 saturated heterocycles. The van der Waals surface area contributed by atoms with Gasteiger partial charge in [0.05, 0.1) is 29.4 Å². The van der Waals surface area contributed by atoms with Gasteiger partial charge in [0.25, 0.3) is 0 Å². The second-order valence-corrected chi connectivity index (χ2v) is 8.09. The predicted octanol–water partition coefficient (Wildman–Crippen LogP) is 1.60. The summed E-state index contributed by atoms with van der Waals surface area (Å²) < 4.78 is 23.9. The molecule has 0 aromatic rings. The Bertz CT molecular complexity index is 469. The molecule has 0 aromatic carbocycles. The molecule has 6 heteroatoms. The third-order valence-corrected chi connectivity index (χ3v) is 5.23. The molecule has 1 N–H and O–H groups in total. The van der Waals surface area contributed by atoms with Gasteiger partial charge in [-0.05, 0) is 38.5 Å². The number of sulfone groups is 1. The lowest BCUT2D eigenvalue weighted by Gasteiger charge is -2.17. The molecule has 0 aliphatic heterocycles. The molecule has 0 aromatic heterocycles. The first kappa shape index (κ1) is 15.0. The van der Waals surface area contributed by atoms with Crippen LogP contribution in [-0.2, 0) is 14.6 Å². The summed E-state index contributed by atoms with van der Waals surface area (Å²) in [5, 5.41) is 17.6. The molecule has 1 saturated carbocycles. The summed E-state index contributed by atoms with van der Waals surface area (Å²) in [5.41, 5.74) is -1.20. The van der Waals surface area contributed by atoms with Crippen molar-refractivity contribution in [3.05, 3.63) is 0 Å². The zero-order valence-corrected chi connectivity index (χ0v) is 11.6. The van der Waals surface area contributed by atoms with Crippen LogP contribution in [0.3, 0.4) is 0 Å². The van der Waals surface area contributed by atoms with Crippen LogP contribution in [0.5, 0.6) is 0 Å². The normalized spacial score (nSPS) is 18.1. The fraction of sp³-hybridized carbons (Fsp3) is 0.833. The molecule has 0 atom stereocenters. The number of nitrogens with zero attached hydrogens (tertiary/aromatic N) is 1.